The number of sulfonamides is 1. The summed E-state index contributed by atoms with van der Waals surface area (Å²) in [5.74, 6) is -4.87. The third-order valence-electron chi connectivity index (χ3n) is 6.08. The molecule has 0 aliphatic heterocycles. The number of nitrogens with zero attached hydrogens (tertiary/aromatic N) is 2. The zero-order valence-corrected chi connectivity index (χ0v) is 24.8. The fourth-order valence-electron chi connectivity index (χ4n) is 3.81. The van der Waals surface area contributed by atoms with E-state index in [0.29, 0.717) is 49.7 Å². The predicted molar refractivity (Wildman–Crippen MR) is 159 cm³/mol. The number of hydrogen-bond acceptors (Lipinski definition) is 7. The molecule has 0 saturated carbocycles. The molecular weight excluding hydrogens is 665 g/mol. The number of aliphatic imine (C=N–C) groups is 1. The summed E-state index contributed by atoms with van der Waals surface area (Å²) < 4.78 is 94.7. The van der Waals surface area contributed by atoms with Crippen molar-refractivity contribution in [3.63, 3.8) is 0 Å². The van der Waals surface area contributed by atoms with Crippen molar-refractivity contribution in [1.82, 2.24) is 9.97 Å². The van der Waals surface area contributed by atoms with E-state index < -0.39 is 67.3 Å². The first-order valence-corrected chi connectivity index (χ1v) is 14.7. The topological polar surface area (TPSA) is 220 Å². The lowest BCUT2D eigenvalue weighted by Gasteiger charge is -2.13. The van der Waals surface area contributed by atoms with Gasteiger partial charge in [-0.25, -0.2) is 22.2 Å². The van der Waals surface area contributed by atoms with Crippen molar-refractivity contribution < 1.29 is 45.1 Å². The van der Waals surface area contributed by atoms with Crippen LogP contribution in [0.4, 0.5) is 27.6 Å². The lowest BCUT2D eigenvalue weighted by atomic mass is 10.0. The summed E-state index contributed by atoms with van der Waals surface area (Å²) in [6.07, 6.45) is -1.26. The number of halogens is 6. The van der Waals surface area contributed by atoms with Gasteiger partial charge >= 0.3 is 12.1 Å². The maximum atomic E-state index is 15.1. The molecule has 9 N–H and O–H groups in total. The number of nitrogens with two attached hydrogens (primary N) is 3. The van der Waals surface area contributed by atoms with Gasteiger partial charge < -0.3 is 27.3 Å². The Bertz CT molecular complexity index is 1880. The zero-order chi connectivity index (χ0) is 34.4. The van der Waals surface area contributed by atoms with Gasteiger partial charge in [0.1, 0.15) is 17.5 Å². The summed E-state index contributed by atoms with van der Waals surface area (Å²) in [6.45, 7) is 0.420. The fourth-order valence-corrected chi connectivity index (χ4v) is 5.03. The van der Waals surface area contributed by atoms with Crippen LogP contribution in [0.3, 0.4) is 0 Å². The Labute approximate surface area is 262 Å². The summed E-state index contributed by atoms with van der Waals surface area (Å²) in [4.78, 5) is 32.9. The molecule has 46 heavy (non-hydrogen) atoms. The number of guanidine groups is 1. The molecule has 4 rings (SSSR count). The number of rotatable bonds is 10. The van der Waals surface area contributed by atoms with E-state index in [4.69, 9.17) is 33.9 Å². The molecule has 0 bridgehead atoms. The second kappa shape index (κ2) is 14.5. The minimum absolute atomic E-state index is 0.0129. The number of carboxylic acids is 1. The zero-order valence-electron chi connectivity index (χ0n) is 23.3. The summed E-state index contributed by atoms with van der Waals surface area (Å²) >= 11 is 5.88. The van der Waals surface area contributed by atoms with E-state index in [9.17, 15) is 35.6 Å². The number of aliphatic carboxylic acids is 1. The highest BCUT2D eigenvalue weighted by Gasteiger charge is 2.31. The van der Waals surface area contributed by atoms with Crippen LogP contribution in [0.15, 0.2) is 64.7 Å². The number of aromatic amines is 1. The summed E-state index contributed by atoms with van der Waals surface area (Å²) in [6, 6.07) is 4.42. The molecule has 4 aromatic rings. The van der Waals surface area contributed by atoms with E-state index >= 15 is 4.39 Å². The largest absolute Gasteiger partial charge is 0.480 e. The number of nitrogens with one attached hydrogen (secondary N) is 2. The Balaban J connectivity index is 0.000000409. The van der Waals surface area contributed by atoms with Crippen LogP contribution in [0.1, 0.15) is 34.3 Å². The first kappa shape index (κ1) is 35.7. The van der Waals surface area contributed by atoms with Crippen molar-refractivity contribution in [3.05, 3.63) is 88.2 Å². The smallest absolute Gasteiger partial charge is 0.416 e. The van der Waals surface area contributed by atoms with E-state index in [1.807, 2.05) is 4.72 Å². The fraction of sp³-hybridized carbons (Fsp3) is 0.185. The molecule has 12 nitrogen and oxygen atoms in total. The molecule has 0 fully saturated rings. The summed E-state index contributed by atoms with van der Waals surface area (Å²) in [7, 11) is -4.57. The molecule has 1 atom stereocenters. The minimum Gasteiger partial charge on any atom is -0.480 e. The second-order valence-electron chi connectivity index (χ2n) is 9.39. The second-order valence-corrected chi connectivity index (χ2v) is 11.5. The number of ketones is 1. The number of carbonyl (C=O) groups excluding carboxylic acids is 1. The lowest BCUT2D eigenvalue weighted by Crippen LogP contribution is -2.30. The molecular formula is C27H25ClF5N7O5S. The maximum absolute atomic E-state index is 15.1. The van der Waals surface area contributed by atoms with Crippen molar-refractivity contribution in [2.45, 2.75) is 30.0 Å². The molecule has 246 valence electrons. The highest BCUT2D eigenvalue weighted by Crippen LogP contribution is 2.31. The highest BCUT2D eigenvalue weighted by molar-refractivity contribution is 7.92. The number of anilines is 1. The summed E-state index contributed by atoms with van der Waals surface area (Å²) in [5.41, 5.74) is 12.5. The van der Waals surface area contributed by atoms with Crippen LogP contribution in [-0.2, 0) is 21.0 Å². The molecule has 19 heteroatoms. The number of pyridine rings is 1. The number of aromatic nitrogens is 2. The van der Waals surface area contributed by atoms with Crippen LogP contribution in [0.2, 0.25) is 5.02 Å². The van der Waals surface area contributed by atoms with Gasteiger partial charge in [-0.05, 0) is 55.3 Å². The van der Waals surface area contributed by atoms with E-state index in [1.165, 1.54) is 18.5 Å². The molecule has 2 aromatic heterocycles. The minimum atomic E-state index is -4.68. The van der Waals surface area contributed by atoms with Crippen LogP contribution in [0.5, 0.6) is 0 Å². The van der Waals surface area contributed by atoms with Gasteiger partial charge in [-0.3, -0.25) is 19.3 Å². The number of carbonyl (C=O) groups is 2. The van der Waals surface area contributed by atoms with Gasteiger partial charge in [-0.15, -0.1) is 0 Å². The van der Waals surface area contributed by atoms with Gasteiger partial charge in [0, 0.05) is 29.9 Å². The van der Waals surface area contributed by atoms with Crippen molar-refractivity contribution in [2.24, 2.45) is 22.2 Å². The normalized spacial score (nSPS) is 12.2. The monoisotopic (exact) mass is 689 g/mol. The molecule has 0 spiro atoms. The predicted octanol–water partition coefficient (Wildman–Crippen LogP) is 4.00. The Morgan fingerprint density at radius 2 is 1.76 bits per heavy atom. The van der Waals surface area contributed by atoms with Crippen LogP contribution >= 0.6 is 11.6 Å². The number of hydrogen-bond donors (Lipinski definition) is 6. The molecule has 0 radical (unpaired) electrons. The van der Waals surface area contributed by atoms with E-state index in [0.717, 1.165) is 6.07 Å². The number of carboxylic acid groups (broad SMARTS) is 1. The van der Waals surface area contributed by atoms with E-state index in [1.54, 1.807) is 0 Å². The molecule has 0 saturated heterocycles. The third kappa shape index (κ3) is 8.89. The average molecular weight is 690 g/mol. The maximum Gasteiger partial charge on any atom is 0.416 e. The standard InChI is InChI=1S/C21H11ClF5N3O3S.C6H14N4O2/c22-11-7-13-14(9-29-20(13)28-8-11)19(31)17-15(23)5-6-16(18(17)24)30-34(32,33)12-3-1-10(2-4-12)21(25,26)27;7-4(5(11)12)2-1-3-10-6(8)9/h1-9,30H,(H,28,29);4H,1-3,7H2,(H,11,12)(H4,8,9,10)/t;4-/m.0/s1. The molecule has 0 amide bonds. The van der Waals surface area contributed by atoms with Crippen LogP contribution in [0, 0.1) is 11.6 Å². The van der Waals surface area contributed by atoms with Gasteiger partial charge in [0.05, 0.1) is 26.7 Å². The lowest BCUT2D eigenvalue weighted by molar-refractivity contribution is -0.139. The highest BCUT2D eigenvalue weighted by atomic mass is 35.5. The molecule has 0 unspecified atom stereocenters. The Hall–Kier alpha value is -4.81. The number of fused-ring (bicyclic) bond motifs is 1. The average Bonchev–Trinajstić information content (AvgIpc) is 3.39. The van der Waals surface area contributed by atoms with Crippen LogP contribution in [-0.4, -0.2) is 53.8 Å². The molecule has 2 heterocycles. The van der Waals surface area contributed by atoms with Crippen molar-refractivity contribution in [3.8, 4) is 0 Å². The van der Waals surface area contributed by atoms with E-state index in [-0.39, 0.29) is 27.6 Å². The first-order chi connectivity index (χ1) is 21.4. The number of H-pyrrole nitrogens is 1. The van der Waals surface area contributed by atoms with Crippen LogP contribution in [0.25, 0.3) is 11.0 Å². The molecule has 0 aliphatic carbocycles. The van der Waals surface area contributed by atoms with Gasteiger partial charge in [-0.2, -0.15) is 13.2 Å². The van der Waals surface area contributed by atoms with E-state index in [2.05, 4.69) is 15.0 Å². The Morgan fingerprint density at radius 1 is 1.11 bits per heavy atom. The number of benzene rings is 2. The van der Waals surface area contributed by atoms with Crippen molar-refractivity contribution in [1.29, 1.82) is 0 Å². The number of alkyl halides is 3. The van der Waals surface area contributed by atoms with Gasteiger partial charge in [0.15, 0.2) is 11.8 Å². The van der Waals surface area contributed by atoms with Gasteiger partial charge in [0.25, 0.3) is 10.0 Å². The molecule has 0 aliphatic rings. The van der Waals surface area contributed by atoms with Gasteiger partial charge in [0.2, 0.25) is 5.78 Å². The Kier molecular flexibility index (Phi) is 11.3. The van der Waals surface area contributed by atoms with Crippen molar-refractivity contribution >= 4 is 56.1 Å². The van der Waals surface area contributed by atoms with Crippen LogP contribution < -0.4 is 21.9 Å². The summed E-state index contributed by atoms with van der Waals surface area (Å²) in [5, 5.41) is 8.73. The Morgan fingerprint density at radius 3 is 2.35 bits per heavy atom. The van der Waals surface area contributed by atoms with Gasteiger partial charge in [-0.1, -0.05) is 11.6 Å². The molecule has 2 aromatic carbocycles. The third-order valence-corrected chi connectivity index (χ3v) is 7.67. The first-order valence-electron chi connectivity index (χ1n) is 12.8. The SMILES string of the molecule is NC(N)=NCCC[C@H](N)C(=O)O.O=C(c1c(F)ccc(NS(=O)(=O)c2ccc(C(F)(F)F)cc2)c1F)c1c[nH]c2ncc(Cl)cc12. The van der Waals surface area contributed by atoms with Crippen molar-refractivity contribution in [2.75, 3.05) is 11.3 Å². The quantitative estimate of drug-likeness (QED) is 0.0465.